The van der Waals surface area contributed by atoms with Gasteiger partial charge in [-0.05, 0) is 24.9 Å². The number of piperidine rings is 1. The van der Waals surface area contributed by atoms with Gasteiger partial charge in [0.15, 0.2) is 0 Å². The van der Waals surface area contributed by atoms with Crippen LogP contribution in [0.15, 0.2) is 0 Å². The van der Waals surface area contributed by atoms with Crippen molar-refractivity contribution in [3.8, 4) is 0 Å². The Hall–Kier alpha value is -0.770. The third-order valence-corrected chi connectivity index (χ3v) is 2.88. The SMILES string of the molecule is CNC(=O)OC[C@@H]1[C@@H]2CNC[C@@H]21. The van der Waals surface area contributed by atoms with Gasteiger partial charge in [-0.2, -0.15) is 0 Å². The number of nitrogens with one attached hydrogen (secondary N) is 2. The van der Waals surface area contributed by atoms with E-state index >= 15 is 0 Å². The molecule has 3 atom stereocenters. The Morgan fingerprint density at radius 1 is 1.58 bits per heavy atom. The van der Waals surface area contributed by atoms with E-state index in [9.17, 15) is 4.79 Å². The van der Waals surface area contributed by atoms with Gasteiger partial charge in [-0.15, -0.1) is 0 Å². The first kappa shape index (κ1) is 7.86. The Kier molecular flexibility index (Phi) is 1.92. The lowest BCUT2D eigenvalue weighted by molar-refractivity contribution is 0.139. The number of ether oxygens (including phenoxy) is 1. The van der Waals surface area contributed by atoms with Gasteiger partial charge in [-0.1, -0.05) is 0 Å². The highest BCUT2D eigenvalue weighted by atomic mass is 16.5. The molecule has 2 fully saturated rings. The third-order valence-electron chi connectivity index (χ3n) is 2.88. The Bertz CT molecular complexity index is 185. The second-order valence-corrected chi connectivity index (χ2v) is 3.50. The molecule has 0 aromatic rings. The van der Waals surface area contributed by atoms with E-state index in [2.05, 4.69) is 10.6 Å². The van der Waals surface area contributed by atoms with Crippen molar-refractivity contribution in [2.75, 3.05) is 26.7 Å². The fourth-order valence-corrected chi connectivity index (χ4v) is 2.04. The molecule has 2 N–H and O–H groups in total. The second kappa shape index (κ2) is 2.94. The summed E-state index contributed by atoms with van der Waals surface area (Å²) in [4.78, 5) is 10.7. The maximum Gasteiger partial charge on any atom is 0.406 e. The molecule has 0 radical (unpaired) electrons. The largest absolute Gasteiger partial charge is 0.449 e. The summed E-state index contributed by atoms with van der Waals surface area (Å²) in [6.07, 6.45) is -0.312. The summed E-state index contributed by atoms with van der Waals surface area (Å²) in [7, 11) is 1.58. The highest BCUT2D eigenvalue weighted by Crippen LogP contribution is 2.48. The molecule has 2 aliphatic rings. The third kappa shape index (κ3) is 1.27. The molecule has 4 nitrogen and oxygen atoms in total. The minimum Gasteiger partial charge on any atom is -0.449 e. The van der Waals surface area contributed by atoms with Gasteiger partial charge in [-0.3, -0.25) is 0 Å². The van der Waals surface area contributed by atoms with Crippen LogP contribution >= 0.6 is 0 Å². The molecule has 1 saturated heterocycles. The zero-order valence-electron chi connectivity index (χ0n) is 7.17. The van der Waals surface area contributed by atoms with Crippen molar-refractivity contribution in [1.29, 1.82) is 0 Å². The summed E-state index contributed by atoms with van der Waals surface area (Å²) in [5.41, 5.74) is 0. The van der Waals surface area contributed by atoms with Crippen LogP contribution in [0.3, 0.4) is 0 Å². The van der Waals surface area contributed by atoms with Gasteiger partial charge >= 0.3 is 6.09 Å². The van der Waals surface area contributed by atoms with E-state index in [0.717, 1.165) is 24.9 Å². The van der Waals surface area contributed by atoms with Gasteiger partial charge in [0, 0.05) is 13.0 Å². The van der Waals surface area contributed by atoms with E-state index < -0.39 is 0 Å². The van der Waals surface area contributed by atoms with Crippen LogP contribution in [0.25, 0.3) is 0 Å². The first-order chi connectivity index (χ1) is 5.83. The molecule has 68 valence electrons. The first-order valence-electron chi connectivity index (χ1n) is 4.38. The summed E-state index contributed by atoms with van der Waals surface area (Å²) in [6.45, 7) is 2.80. The summed E-state index contributed by atoms with van der Waals surface area (Å²) in [5.74, 6) is 2.17. The van der Waals surface area contributed by atoms with E-state index in [1.807, 2.05) is 0 Å². The van der Waals surface area contributed by atoms with Gasteiger partial charge < -0.3 is 15.4 Å². The zero-order valence-corrected chi connectivity index (χ0v) is 7.17. The molecule has 2 rings (SSSR count). The molecular weight excluding hydrogens is 156 g/mol. The number of hydrogen-bond donors (Lipinski definition) is 2. The molecule has 0 aromatic carbocycles. The smallest absolute Gasteiger partial charge is 0.406 e. The standard InChI is InChI=1S/C8H14N2O2/c1-9-8(11)12-4-7-5-2-10-3-6(5)7/h5-7,10H,2-4H2,1H3,(H,9,11)/t5-,6+,7-. The van der Waals surface area contributed by atoms with Crippen LogP contribution < -0.4 is 10.6 Å². The Balaban J connectivity index is 1.67. The van der Waals surface area contributed by atoms with Crippen molar-refractivity contribution in [3.05, 3.63) is 0 Å². The van der Waals surface area contributed by atoms with Gasteiger partial charge in [0.05, 0.1) is 6.61 Å². The lowest BCUT2D eigenvalue weighted by Crippen LogP contribution is -2.23. The van der Waals surface area contributed by atoms with Crippen LogP contribution in [-0.2, 0) is 4.74 Å². The van der Waals surface area contributed by atoms with E-state index in [-0.39, 0.29) is 6.09 Å². The highest BCUT2D eigenvalue weighted by Gasteiger charge is 2.53. The highest BCUT2D eigenvalue weighted by molar-refractivity contribution is 5.66. The predicted molar refractivity (Wildman–Crippen MR) is 43.7 cm³/mol. The lowest BCUT2D eigenvalue weighted by atomic mass is 10.3. The molecule has 1 aliphatic heterocycles. The molecular formula is C8H14N2O2. The molecule has 0 spiro atoms. The quantitative estimate of drug-likeness (QED) is 0.604. The number of carbonyl (C=O) groups is 1. The van der Waals surface area contributed by atoms with Crippen LogP contribution in [0.1, 0.15) is 0 Å². The van der Waals surface area contributed by atoms with E-state index in [1.54, 1.807) is 7.05 Å². The fourth-order valence-electron chi connectivity index (χ4n) is 2.04. The summed E-state index contributed by atoms with van der Waals surface area (Å²) in [5, 5.41) is 5.73. The number of carbonyl (C=O) groups excluding carboxylic acids is 1. The molecule has 1 heterocycles. The molecule has 0 unspecified atom stereocenters. The number of alkyl carbamates (subject to hydrolysis) is 1. The van der Waals surface area contributed by atoms with E-state index in [0.29, 0.717) is 12.5 Å². The Labute approximate surface area is 71.7 Å². The minimum atomic E-state index is -0.312. The Morgan fingerprint density at radius 2 is 2.25 bits per heavy atom. The second-order valence-electron chi connectivity index (χ2n) is 3.50. The predicted octanol–water partition coefficient (Wildman–Crippen LogP) is -0.192. The van der Waals surface area contributed by atoms with Crippen LogP contribution in [0, 0.1) is 17.8 Å². The van der Waals surface area contributed by atoms with Crippen molar-refractivity contribution in [2.45, 2.75) is 0 Å². The van der Waals surface area contributed by atoms with Crippen molar-refractivity contribution in [2.24, 2.45) is 17.8 Å². The van der Waals surface area contributed by atoms with Crippen LogP contribution in [0.2, 0.25) is 0 Å². The summed E-state index contributed by atoms with van der Waals surface area (Å²) in [6, 6.07) is 0. The molecule has 0 bridgehead atoms. The fraction of sp³-hybridized carbons (Fsp3) is 0.875. The number of fused-ring (bicyclic) bond motifs is 1. The molecule has 0 aromatic heterocycles. The van der Waals surface area contributed by atoms with Crippen LogP contribution in [-0.4, -0.2) is 32.8 Å². The average Bonchev–Trinajstić information content (AvgIpc) is 2.55. The van der Waals surface area contributed by atoms with Crippen molar-refractivity contribution in [3.63, 3.8) is 0 Å². The monoisotopic (exact) mass is 170 g/mol. The zero-order chi connectivity index (χ0) is 8.55. The van der Waals surface area contributed by atoms with Crippen molar-refractivity contribution in [1.82, 2.24) is 10.6 Å². The maximum absolute atomic E-state index is 10.7. The normalized spacial score (nSPS) is 37.2. The van der Waals surface area contributed by atoms with Gasteiger partial charge in [0.1, 0.15) is 0 Å². The summed E-state index contributed by atoms with van der Waals surface area (Å²) < 4.78 is 4.97. The minimum absolute atomic E-state index is 0.312. The van der Waals surface area contributed by atoms with E-state index in [1.165, 1.54) is 0 Å². The van der Waals surface area contributed by atoms with Crippen LogP contribution in [0.4, 0.5) is 4.79 Å². The summed E-state index contributed by atoms with van der Waals surface area (Å²) >= 11 is 0. The van der Waals surface area contributed by atoms with Gasteiger partial charge in [0.2, 0.25) is 0 Å². The van der Waals surface area contributed by atoms with E-state index in [4.69, 9.17) is 4.74 Å². The van der Waals surface area contributed by atoms with Gasteiger partial charge in [0.25, 0.3) is 0 Å². The molecule has 1 amide bonds. The molecule has 1 saturated carbocycles. The first-order valence-corrected chi connectivity index (χ1v) is 4.38. The number of amides is 1. The van der Waals surface area contributed by atoms with Crippen molar-refractivity contribution < 1.29 is 9.53 Å². The molecule has 4 heteroatoms. The number of rotatable bonds is 2. The Morgan fingerprint density at radius 3 is 2.83 bits per heavy atom. The molecule has 12 heavy (non-hydrogen) atoms. The number of hydrogen-bond acceptors (Lipinski definition) is 3. The lowest BCUT2D eigenvalue weighted by Gasteiger charge is -2.05. The average molecular weight is 170 g/mol. The van der Waals surface area contributed by atoms with Crippen molar-refractivity contribution >= 4 is 6.09 Å². The maximum atomic E-state index is 10.7. The molecule has 1 aliphatic carbocycles. The van der Waals surface area contributed by atoms with Gasteiger partial charge in [-0.25, -0.2) is 4.79 Å². The topological polar surface area (TPSA) is 50.4 Å². The van der Waals surface area contributed by atoms with Crippen LogP contribution in [0.5, 0.6) is 0 Å².